The number of fused-ring (bicyclic) bond motifs is 1. The topological polar surface area (TPSA) is 39.4 Å². The quantitative estimate of drug-likeness (QED) is 0.509. The zero-order valence-corrected chi connectivity index (χ0v) is 13.0. The fourth-order valence-electron chi connectivity index (χ4n) is 2.11. The molecule has 22 heavy (non-hydrogen) atoms. The first-order valence-corrected chi connectivity index (χ1v) is 7.57. The lowest BCUT2D eigenvalue weighted by Crippen LogP contribution is -2.04. The van der Waals surface area contributed by atoms with Crippen molar-refractivity contribution in [1.82, 2.24) is 0 Å². The third-order valence-electron chi connectivity index (χ3n) is 3.22. The first-order valence-electron chi connectivity index (χ1n) is 6.66. The van der Waals surface area contributed by atoms with E-state index in [2.05, 4.69) is 0 Å². The number of hydrogen-bond acceptors (Lipinski definition) is 3. The van der Waals surface area contributed by atoms with Gasteiger partial charge < -0.3 is 9.15 Å². The molecule has 0 atom stereocenters. The standard InChI is InChI=1S/C17H12Cl2O3/c18-9-13-7-12-4-5-15(8-16(12)22-17(13)20)21-10-11-2-1-3-14(19)6-11/h1-8H,9-10H2. The van der Waals surface area contributed by atoms with Gasteiger partial charge in [0.25, 0.3) is 0 Å². The zero-order chi connectivity index (χ0) is 15.5. The van der Waals surface area contributed by atoms with E-state index < -0.39 is 5.63 Å². The zero-order valence-electron chi connectivity index (χ0n) is 11.5. The molecule has 0 radical (unpaired) electrons. The highest BCUT2D eigenvalue weighted by molar-refractivity contribution is 6.30. The molecule has 0 aliphatic heterocycles. The van der Waals surface area contributed by atoms with E-state index in [1.165, 1.54) is 0 Å². The van der Waals surface area contributed by atoms with Crippen LogP contribution in [-0.2, 0) is 12.5 Å². The van der Waals surface area contributed by atoms with Gasteiger partial charge in [0, 0.05) is 16.5 Å². The van der Waals surface area contributed by atoms with Crippen LogP contribution in [-0.4, -0.2) is 0 Å². The predicted molar refractivity (Wildman–Crippen MR) is 87.8 cm³/mol. The molecule has 3 nitrogen and oxygen atoms in total. The minimum absolute atomic E-state index is 0.130. The normalized spacial score (nSPS) is 10.8. The minimum Gasteiger partial charge on any atom is -0.489 e. The van der Waals surface area contributed by atoms with Crippen molar-refractivity contribution in [3.05, 3.63) is 75.1 Å². The first-order chi connectivity index (χ1) is 10.7. The van der Waals surface area contributed by atoms with Crippen LogP contribution in [0.15, 0.2) is 57.7 Å². The highest BCUT2D eigenvalue weighted by Gasteiger charge is 2.06. The lowest BCUT2D eigenvalue weighted by molar-refractivity contribution is 0.306. The lowest BCUT2D eigenvalue weighted by atomic mass is 10.2. The summed E-state index contributed by atoms with van der Waals surface area (Å²) in [6.45, 7) is 0.385. The molecular weight excluding hydrogens is 323 g/mol. The maximum absolute atomic E-state index is 11.7. The molecule has 0 aliphatic carbocycles. The summed E-state index contributed by atoms with van der Waals surface area (Å²) >= 11 is 11.6. The molecule has 0 amide bonds. The van der Waals surface area contributed by atoms with Crippen LogP contribution in [0, 0.1) is 0 Å². The van der Waals surface area contributed by atoms with Crippen LogP contribution in [0.1, 0.15) is 11.1 Å². The van der Waals surface area contributed by atoms with Crippen LogP contribution in [0.5, 0.6) is 5.75 Å². The van der Waals surface area contributed by atoms with Crippen molar-refractivity contribution in [3.8, 4) is 5.75 Å². The Labute approximate surface area is 137 Å². The molecule has 5 heteroatoms. The molecule has 0 fully saturated rings. The molecule has 0 unspecified atom stereocenters. The van der Waals surface area contributed by atoms with Gasteiger partial charge in [-0.15, -0.1) is 11.6 Å². The van der Waals surface area contributed by atoms with Crippen molar-refractivity contribution < 1.29 is 9.15 Å². The second-order valence-electron chi connectivity index (χ2n) is 4.81. The number of rotatable bonds is 4. The number of hydrogen-bond donors (Lipinski definition) is 0. The number of halogens is 2. The molecule has 2 aromatic carbocycles. The fourth-order valence-corrected chi connectivity index (χ4v) is 2.51. The van der Waals surface area contributed by atoms with Crippen molar-refractivity contribution in [1.29, 1.82) is 0 Å². The SMILES string of the molecule is O=c1oc2cc(OCc3cccc(Cl)c3)ccc2cc1CCl. The first kappa shape index (κ1) is 14.9. The van der Waals surface area contributed by atoms with E-state index in [0.717, 1.165) is 10.9 Å². The lowest BCUT2D eigenvalue weighted by Gasteiger charge is -2.07. The van der Waals surface area contributed by atoms with Crippen LogP contribution >= 0.6 is 23.2 Å². The summed E-state index contributed by atoms with van der Waals surface area (Å²) in [6, 6.07) is 14.5. The Hall–Kier alpha value is -1.97. The van der Waals surface area contributed by atoms with E-state index in [1.807, 2.05) is 36.4 Å². The highest BCUT2D eigenvalue weighted by Crippen LogP contribution is 2.22. The number of alkyl halides is 1. The molecule has 0 saturated heterocycles. The Kier molecular flexibility index (Phi) is 4.36. The summed E-state index contributed by atoms with van der Waals surface area (Å²) < 4.78 is 11.0. The summed E-state index contributed by atoms with van der Waals surface area (Å²) in [5, 5.41) is 1.48. The molecule has 0 bridgehead atoms. The Morgan fingerprint density at radius 2 is 1.95 bits per heavy atom. The largest absolute Gasteiger partial charge is 0.489 e. The van der Waals surface area contributed by atoms with Gasteiger partial charge in [-0.1, -0.05) is 23.7 Å². The molecule has 112 valence electrons. The Morgan fingerprint density at radius 3 is 2.73 bits per heavy atom. The molecule has 1 aromatic heterocycles. The van der Waals surface area contributed by atoms with Gasteiger partial charge in [-0.05, 0) is 35.9 Å². The average molecular weight is 335 g/mol. The van der Waals surface area contributed by atoms with Gasteiger partial charge in [-0.2, -0.15) is 0 Å². The van der Waals surface area contributed by atoms with Crippen LogP contribution in [0.25, 0.3) is 11.0 Å². The maximum atomic E-state index is 11.7. The molecule has 3 rings (SSSR count). The van der Waals surface area contributed by atoms with Crippen molar-refractivity contribution in [2.24, 2.45) is 0 Å². The van der Waals surface area contributed by atoms with Crippen LogP contribution in [0.3, 0.4) is 0 Å². The van der Waals surface area contributed by atoms with Gasteiger partial charge in [-0.25, -0.2) is 4.79 Å². The average Bonchev–Trinajstić information content (AvgIpc) is 2.52. The molecular formula is C17H12Cl2O3. The summed E-state index contributed by atoms with van der Waals surface area (Å²) in [7, 11) is 0. The summed E-state index contributed by atoms with van der Waals surface area (Å²) in [6.07, 6.45) is 0. The summed E-state index contributed by atoms with van der Waals surface area (Å²) in [5.41, 5.74) is 1.46. The van der Waals surface area contributed by atoms with Gasteiger partial charge in [0.15, 0.2) is 0 Å². The van der Waals surface area contributed by atoms with Gasteiger partial charge in [0.1, 0.15) is 17.9 Å². The Balaban J connectivity index is 1.84. The van der Waals surface area contributed by atoms with E-state index in [0.29, 0.717) is 28.5 Å². The van der Waals surface area contributed by atoms with Crippen molar-refractivity contribution in [3.63, 3.8) is 0 Å². The smallest absolute Gasteiger partial charge is 0.340 e. The Bertz CT molecular complexity index is 871. The molecule has 3 aromatic rings. The van der Waals surface area contributed by atoms with Crippen molar-refractivity contribution >= 4 is 34.2 Å². The van der Waals surface area contributed by atoms with Crippen molar-refractivity contribution in [2.75, 3.05) is 0 Å². The molecule has 0 N–H and O–H groups in total. The number of ether oxygens (including phenoxy) is 1. The molecule has 0 aliphatic rings. The molecule has 1 heterocycles. The minimum atomic E-state index is -0.422. The second kappa shape index (κ2) is 6.42. The third kappa shape index (κ3) is 3.26. The molecule has 0 spiro atoms. The third-order valence-corrected chi connectivity index (χ3v) is 3.74. The van der Waals surface area contributed by atoms with Gasteiger partial charge in [0.2, 0.25) is 0 Å². The fraction of sp³-hybridized carbons (Fsp3) is 0.118. The second-order valence-corrected chi connectivity index (χ2v) is 5.51. The van der Waals surface area contributed by atoms with Gasteiger partial charge in [-0.3, -0.25) is 0 Å². The van der Waals surface area contributed by atoms with Crippen LogP contribution in [0.4, 0.5) is 0 Å². The van der Waals surface area contributed by atoms with Gasteiger partial charge >= 0.3 is 5.63 Å². The number of benzene rings is 2. The van der Waals surface area contributed by atoms with Crippen LogP contribution in [0.2, 0.25) is 5.02 Å². The highest BCUT2D eigenvalue weighted by atomic mass is 35.5. The van der Waals surface area contributed by atoms with E-state index in [9.17, 15) is 4.79 Å². The van der Waals surface area contributed by atoms with Gasteiger partial charge in [0.05, 0.1) is 11.4 Å². The van der Waals surface area contributed by atoms with E-state index in [-0.39, 0.29) is 5.88 Å². The van der Waals surface area contributed by atoms with Crippen molar-refractivity contribution in [2.45, 2.75) is 12.5 Å². The summed E-state index contributed by atoms with van der Waals surface area (Å²) in [4.78, 5) is 11.7. The van der Waals surface area contributed by atoms with Crippen LogP contribution < -0.4 is 10.4 Å². The maximum Gasteiger partial charge on any atom is 0.340 e. The Morgan fingerprint density at radius 1 is 1.09 bits per heavy atom. The van der Waals surface area contributed by atoms with E-state index in [4.69, 9.17) is 32.4 Å². The van der Waals surface area contributed by atoms with E-state index in [1.54, 1.807) is 12.1 Å². The van der Waals surface area contributed by atoms with E-state index >= 15 is 0 Å². The molecule has 0 saturated carbocycles. The monoisotopic (exact) mass is 334 g/mol. The predicted octanol–water partition coefficient (Wildman–Crippen LogP) is 4.76. The summed E-state index contributed by atoms with van der Waals surface area (Å²) in [5.74, 6) is 0.750.